The van der Waals surface area contributed by atoms with E-state index < -0.39 is 0 Å². The molecule has 3 unspecified atom stereocenters. The fourth-order valence-corrected chi connectivity index (χ4v) is 4.32. The number of likely N-dealkylation sites (N-methyl/N-ethyl adjacent to an activating group) is 4. The Morgan fingerprint density at radius 2 is 0.903 bits per heavy atom. The molecule has 8 nitrogen and oxygen atoms in total. The van der Waals surface area contributed by atoms with E-state index in [1.165, 1.54) is 0 Å². The minimum atomic E-state index is 0.524. The Morgan fingerprint density at radius 1 is 0.484 bits per heavy atom. The Balaban J connectivity index is 2.09. The van der Waals surface area contributed by atoms with Gasteiger partial charge in [-0.2, -0.15) is 0 Å². The van der Waals surface area contributed by atoms with Crippen LogP contribution < -0.4 is 10.6 Å². The quantitative estimate of drug-likeness (QED) is 0.493. The Labute approximate surface area is 192 Å². The van der Waals surface area contributed by atoms with Crippen LogP contribution in [0.5, 0.6) is 0 Å². The summed E-state index contributed by atoms with van der Waals surface area (Å²) in [7, 11) is 9.11. The predicted octanol–water partition coefficient (Wildman–Crippen LogP) is -1.09. The second-order valence-corrected chi connectivity index (χ2v) is 9.96. The van der Waals surface area contributed by atoms with Crippen molar-refractivity contribution in [2.45, 2.75) is 13.0 Å². The third-order valence-corrected chi connectivity index (χ3v) is 6.84. The lowest BCUT2D eigenvalue weighted by Gasteiger charge is -2.32. The van der Waals surface area contributed by atoms with Crippen molar-refractivity contribution in [3.63, 3.8) is 0 Å². The van der Waals surface area contributed by atoms with Crippen LogP contribution in [0.1, 0.15) is 6.92 Å². The average molecular weight is 441 g/mol. The summed E-state index contributed by atoms with van der Waals surface area (Å²) < 4.78 is 0. The SMILES string of the molecule is CC1CN(C)CCN2CCN(C)CCNCCN(CCN1)CCN(C)CCN(C)CC2. The first-order valence-corrected chi connectivity index (χ1v) is 12.6. The Hall–Kier alpha value is -0.320. The molecule has 0 aliphatic carbocycles. The van der Waals surface area contributed by atoms with Crippen LogP contribution in [0.2, 0.25) is 0 Å². The van der Waals surface area contributed by atoms with Gasteiger partial charge in [0, 0.05) is 117 Å². The van der Waals surface area contributed by atoms with Crippen LogP contribution in [-0.4, -0.2) is 175 Å². The Morgan fingerprint density at radius 3 is 1.52 bits per heavy atom. The molecule has 3 rings (SSSR count). The normalized spacial score (nSPS) is 32.6. The molecule has 3 atom stereocenters. The van der Waals surface area contributed by atoms with Gasteiger partial charge in [0.15, 0.2) is 0 Å². The minimum absolute atomic E-state index is 0.524. The molecule has 3 aliphatic rings. The lowest BCUT2D eigenvalue weighted by molar-refractivity contribution is 0.161. The van der Waals surface area contributed by atoms with Crippen LogP contribution in [0.4, 0.5) is 0 Å². The zero-order chi connectivity index (χ0) is 22.5. The third kappa shape index (κ3) is 12.5. The number of nitrogens with zero attached hydrogens (tertiary/aromatic N) is 6. The van der Waals surface area contributed by atoms with E-state index >= 15 is 0 Å². The van der Waals surface area contributed by atoms with Gasteiger partial charge in [-0.15, -0.1) is 0 Å². The summed E-state index contributed by atoms with van der Waals surface area (Å²) in [5.41, 5.74) is 0. The highest BCUT2D eigenvalue weighted by Crippen LogP contribution is 1.98. The summed E-state index contributed by atoms with van der Waals surface area (Å²) in [6, 6.07) is 0.524. The zero-order valence-corrected chi connectivity index (χ0v) is 21.3. The van der Waals surface area contributed by atoms with Gasteiger partial charge in [0.25, 0.3) is 0 Å². The molecule has 3 saturated heterocycles. The fourth-order valence-electron chi connectivity index (χ4n) is 4.32. The zero-order valence-electron chi connectivity index (χ0n) is 21.3. The van der Waals surface area contributed by atoms with Gasteiger partial charge in [0.05, 0.1) is 0 Å². The van der Waals surface area contributed by atoms with Crippen molar-refractivity contribution >= 4 is 0 Å². The highest BCUT2D eigenvalue weighted by Gasteiger charge is 2.14. The van der Waals surface area contributed by atoms with Crippen LogP contribution in [-0.2, 0) is 0 Å². The first kappa shape index (κ1) is 26.9. The highest BCUT2D eigenvalue weighted by molar-refractivity contribution is 4.73. The van der Waals surface area contributed by atoms with Gasteiger partial charge in [-0.3, -0.25) is 9.80 Å². The lowest BCUT2D eigenvalue weighted by Crippen LogP contribution is -2.47. The molecule has 0 saturated carbocycles. The van der Waals surface area contributed by atoms with E-state index in [4.69, 9.17) is 0 Å². The number of nitrogens with one attached hydrogen (secondary N) is 2. The van der Waals surface area contributed by atoms with Gasteiger partial charge >= 0.3 is 0 Å². The molecule has 31 heavy (non-hydrogen) atoms. The van der Waals surface area contributed by atoms with Crippen molar-refractivity contribution in [1.29, 1.82) is 0 Å². The van der Waals surface area contributed by atoms with Crippen molar-refractivity contribution in [3.8, 4) is 0 Å². The van der Waals surface area contributed by atoms with Crippen molar-refractivity contribution < 1.29 is 0 Å². The van der Waals surface area contributed by atoms with Gasteiger partial charge in [0.2, 0.25) is 0 Å². The molecule has 0 radical (unpaired) electrons. The van der Waals surface area contributed by atoms with E-state index in [0.717, 1.165) is 111 Å². The molecule has 8 heteroatoms. The molecule has 3 aliphatic heterocycles. The number of hydrogen-bond acceptors (Lipinski definition) is 8. The molecule has 0 spiro atoms. The summed E-state index contributed by atoms with van der Waals surface area (Å²) in [5.74, 6) is 0. The lowest BCUT2D eigenvalue weighted by atomic mass is 10.3. The topological polar surface area (TPSA) is 43.5 Å². The Bertz CT molecular complexity index is 451. The summed E-state index contributed by atoms with van der Waals surface area (Å²) in [6.07, 6.45) is 0. The summed E-state index contributed by atoms with van der Waals surface area (Å²) in [5, 5.41) is 7.44. The van der Waals surface area contributed by atoms with Crippen LogP contribution in [0.3, 0.4) is 0 Å². The first-order chi connectivity index (χ1) is 14.9. The minimum Gasteiger partial charge on any atom is -0.314 e. The number of fused-ring (bicyclic) bond motifs is 21. The van der Waals surface area contributed by atoms with Gasteiger partial charge in [-0.25, -0.2) is 0 Å². The monoisotopic (exact) mass is 440 g/mol. The van der Waals surface area contributed by atoms with Crippen molar-refractivity contribution in [3.05, 3.63) is 0 Å². The van der Waals surface area contributed by atoms with Gasteiger partial charge < -0.3 is 30.2 Å². The van der Waals surface area contributed by atoms with Crippen molar-refractivity contribution in [2.24, 2.45) is 0 Å². The molecule has 0 aromatic heterocycles. The summed E-state index contributed by atoms with van der Waals surface area (Å²) in [4.78, 5) is 15.3. The van der Waals surface area contributed by atoms with E-state index in [-0.39, 0.29) is 0 Å². The molecule has 3 fully saturated rings. The van der Waals surface area contributed by atoms with Gasteiger partial charge in [-0.05, 0) is 35.1 Å². The van der Waals surface area contributed by atoms with Crippen molar-refractivity contribution in [1.82, 2.24) is 40.0 Å². The van der Waals surface area contributed by atoms with Crippen molar-refractivity contribution in [2.75, 3.05) is 139 Å². The largest absolute Gasteiger partial charge is 0.314 e. The highest BCUT2D eigenvalue weighted by atomic mass is 15.3. The van der Waals surface area contributed by atoms with E-state index in [1.807, 2.05) is 0 Å². The van der Waals surface area contributed by atoms with Crippen LogP contribution in [0.25, 0.3) is 0 Å². The molecule has 3 heterocycles. The van der Waals surface area contributed by atoms with E-state index in [0.29, 0.717) is 6.04 Å². The maximum absolute atomic E-state index is 3.76. The molecular weight excluding hydrogens is 388 g/mol. The molecule has 0 aromatic rings. The van der Waals surface area contributed by atoms with E-state index in [2.05, 4.69) is 75.1 Å². The average Bonchev–Trinajstić information content (AvgIpc) is 2.73. The molecular formula is C23H52N8. The van der Waals surface area contributed by atoms with Gasteiger partial charge in [-0.1, -0.05) is 0 Å². The molecule has 184 valence electrons. The maximum atomic E-state index is 3.76. The molecule has 2 bridgehead atoms. The molecule has 0 amide bonds. The van der Waals surface area contributed by atoms with Crippen LogP contribution >= 0.6 is 0 Å². The summed E-state index contributed by atoms with van der Waals surface area (Å²) >= 11 is 0. The third-order valence-electron chi connectivity index (χ3n) is 6.84. The van der Waals surface area contributed by atoms with Crippen LogP contribution in [0.15, 0.2) is 0 Å². The molecule has 0 aromatic carbocycles. The standard InChI is InChI=1S/C23H52N8/c1-23-22-29(5)17-21-31-19-14-26(2)9-6-24-7-10-30(11-8-25-23)18-15-27(3)12-13-28(4)16-20-31/h23-25H,6-22H2,1-5H3. The van der Waals surface area contributed by atoms with Crippen LogP contribution in [0, 0.1) is 0 Å². The van der Waals surface area contributed by atoms with Gasteiger partial charge in [0.1, 0.15) is 0 Å². The second-order valence-electron chi connectivity index (χ2n) is 9.96. The van der Waals surface area contributed by atoms with E-state index in [9.17, 15) is 0 Å². The number of rotatable bonds is 0. The van der Waals surface area contributed by atoms with E-state index in [1.54, 1.807) is 0 Å². The predicted molar refractivity (Wildman–Crippen MR) is 133 cm³/mol. The smallest absolute Gasteiger partial charge is 0.0167 e. The molecule has 2 N–H and O–H groups in total. The Kier molecular flexibility index (Phi) is 13.5. The fraction of sp³-hybridized carbons (Fsp3) is 1.00. The maximum Gasteiger partial charge on any atom is 0.0167 e. The summed E-state index contributed by atoms with van der Waals surface area (Å²) in [6.45, 7) is 21.5. The number of hydrogen-bond donors (Lipinski definition) is 2. The second kappa shape index (κ2) is 15.5. The first-order valence-electron chi connectivity index (χ1n) is 12.6.